The van der Waals surface area contributed by atoms with Gasteiger partial charge in [0.25, 0.3) is 0 Å². The number of hydrogen-bond donors (Lipinski definition) is 1. The van der Waals surface area contributed by atoms with Crippen LogP contribution in [0.5, 0.6) is 0 Å². The maximum absolute atomic E-state index is 9.24. The minimum atomic E-state index is -0.234. The van der Waals surface area contributed by atoms with Crippen molar-refractivity contribution in [1.82, 2.24) is 10.2 Å². The smallest absolute Gasteiger partial charge is 0.121 e. The lowest BCUT2D eigenvalue weighted by Crippen LogP contribution is -2.56. The molecule has 0 aromatic heterocycles. The van der Waals surface area contributed by atoms with Crippen molar-refractivity contribution in [1.29, 1.82) is 5.26 Å². The molecule has 1 aliphatic heterocycles. The highest BCUT2D eigenvalue weighted by atomic mass is 15.2. The van der Waals surface area contributed by atoms with Gasteiger partial charge in [-0.15, -0.1) is 0 Å². The SMILES string of the molecule is CCN(CC)C1(C#N)CCCNC1. The molecule has 1 rings (SSSR count). The van der Waals surface area contributed by atoms with E-state index in [9.17, 15) is 5.26 Å². The van der Waals surface area contributed by atoms with Crippen molar-refractivity contribution in [2.24, 2.45) is 0 Å². The van der Waals surface area contributed by atoms with Crippen LogP contribution in [0.3, 0.4) is 0 Å². The van der Waals surface area contributed by atoms with E-state index in [1.54, 1.807) is 0 Å². The van der Waals surface area contributed by atoms with Crippen molar-refractivity contribution in [3.05, 3.63) is 0 Å². The molecule has 1 heterocycles. The Morgan fingerprint density at radius 3 is 2.54 bits per heavy atom. The van der Waals surface area contributed by atoms with Gasteiger partial charge in [-0.2, -0.15) is 5.26 Å². The molecule has 0 radical (unpaired) electrons. The summed E-state index contributed by atoms with van der Waals surface area (Å²) in [5.74, 6) is 0. The Bertz CT molecular complexity index is 185. The van der Waals surface area contributed by atoms with Crippen LogP contribution in [0.4, 0.5) is 0 Å². The average Bonchev–Trinajstić information content (AvgIpc) is 2.21. The van der Waals surface area contributed by atoms with Gasteiger partial charge in [0.15, 0.2) is 0 Å². The standard InChI is InChI=1S/C10H19N3/c1-3-13(4-2)10(8-11)6-5-7-12-9-10/h12H,3-7,9H2,1-2H3. The summed E-state index contributed by atoms with van der Waals surface area (Å²) in [7, 11) is 0. The van der Waals surface area contributed by atoms with Crippen molar-refractivity contribution in [3.63, 3.8) is 0 Å². The quantitative estimate of drug-likeness (QED) is 0.705. The third-order valence-electron chi connectivity index (χ3n) is 2.94. The lowest BCUT2D eigenvalue weighted by molar-refractivity contribution is 0.122. The maximum atomic E-state index is 9.24. The molecule has 0 aromatic rings. The second kappa shape index (κ2) is 4.59. The normalized spacial score (nSPS) is 28.8. The molecule has 1 atom stereocenters. The van der Waals surface area contributed by atoms with Crippen molar-refractivity contribution >= 4 is 0 Å². The first-order valence-electron chi connectivity index (χ1n) is 5.16. The number of likely N-dealkylation sites (N-methyl/N-ethyl adjacent to an activating group) is 1. The molecular formula is C10H19N3. The minimum absolute atomic E-state index is 0.234. The van der Waals surface area contributed by atoms with E-state index >= 15 is 0 Å². The molecule has 0 spiro atoms. The minimum Gasteiger partial charge on any atom is -0.314 e. The number of nitriles is 1. The molecule has 0 bridgehead atoms. The lowest BCUT2D eigenvalue weighted by atomic mass is 9.89. The molecule has 1 aliphatic rings. The first-order chi connectivity index (χ1) is 6.29. The van der Waals surface area contributed by atoms with Gasteiger partial charge < -0.3 is 5.32 Å². The zero-order valence-corrected chi connectivity index (χ0v) is 8.64. The molecule has 1 saturated heterocycles. The van der Waals surface area contributed by atoms with Crippen LogP contribution in [-0.2, 0) is 0 Å². The summed E-state index contributed by atoms with van der Waals surface area (Å²) in [5.41, 5.74) is -0.234. The second-order valence-electron chi connectivity index (χ2n) is 3.60. The van der Waals surface area contributed by atoms with Crippen molar-refractivity contribution in [2.45, 2.75) is 32.2 Å². The van der Waals surface area contributed by atoms with Gasteiger partial charge in [0.2, 0.25) is 0 Å². The molecule has 0 saturated carbocycles. The Morgan fingerprint density at radius 1 is 1.46 bits per heavy atom. The van der Waals surface area contributed by atoms with Gasteiger partial charge in [0.05, 0.1) is 6.07 Å². The van der Waals surface area contributed by atoms with Gasteiger partial charge in [0, 0.05) is 6.54 Å². The van der Waals surface area contributed by atoms with Crippen LogP contribution in [0.2, 0.25) is 0 Å². The molecule has 3 heteroatoms. The van der Waals surface area contributed by atoms with Crippen LogP contribution < -0.4 is 5.32 Å². The van der Waals surface area contributed by atoms with E-state index in [0.29, 0.717) is 0 Å². The van der Waals surface area contributed by atoms with E-state index in [1.807, 2.05) is 0 Å². The number of nitrogens with zero attached hydrogens (tertiary/aromatic N) is 2. The van der Waals surface area contributed by atoms with Crippen molar-refractivity contribution in [3.8, 4) is 6.07 Å². The average molecular weight is 181 g/mol. The largest absolute Gasteiger partial charge is 0.314 e. The summed E-state index contributed by atoms with van der Waals surface area (Å²) in [6.45, 7) is 8.06. The van der Waals surface area contributed by atoms with Crippen LogP contribution in [0.15, 0.2) is 0 Å². The third kappa shape index (κ3) is 2.01. The monoisotopic (exact) mass is 181 g/mol. The molecule has 1 N–H and O–H groups in total. The summed E-state index contributed by atoms with van der Waals surface area (Å²) < 4.78 is 0. The highest BCUT2D eigenvalue weighted by Crippen LogP contribution is 2.22. The van der Waals surface area contributed by atoms with Crippen LogP contribution in [-0.4, -0.2) is 36.6 Å². The molecule has 1 unspecified atom stereocenters. The van der Waals surface area contributed by atoms with E-state index in [2.05, 4.69) is 30.1 Å². The first-order valence-corrected chi connectivity index (χ1v) is 5.16. The Balaban J connectivity index is 2.72. The van der Waals surface area contributed by atoms with Crippen LogP contribution in [0.1, 0.15) is 26.7 Å². The predicted molar refractivity (Wildman–Crippen MR) is 53.4 cm³/mol. The van der Waals surface area contributed by atoms with Gasteiger partial charge in [0.1, 0.15) is 5.54 Å². The fourth-order valence-corrected chi connectivity index (χ4v) is 2.15. The predicted octanol–water partition coefficient (Wildman–Crippen LogP) is 0.974. The summed E-state index contributed by atoms with van der Waals surface area (Å²) in [5, 5.41) is 12.6. The molecule has 3 nitrogen and oxygen atoms in total. The topological polar surface area (TPSA) is 39.1 Å². The molecule has 1 fully saturated rings. The highest BCUT2D eigenvalue weighted by Gasteiger charge is 2.36. The number of hydrogen-bond acceptors (Lipinski definition) is 3. The number of nitrogens with one attached hydrogen (secondary N) is 1. The Kier molecular flexibility index (Phi) is 3.71. The summed E-state index contributed by atoms with van der Waals surface area (Å²) in [6, 6.07) is 2.48. The Hall–Kier alpha value is -0.590. The first kappa shape index (κ1) is 10.5. The summed E-state index contributed by atoms with van der Waals surface area (Å²) in [4.78, 5) is 2.26. The zero-order chi connectivity index (χ0) is 9.73. The van der Waals surface area contributed by atoms with Crippen molar-refractivity contribution in [2.75, 3.05) is 26.2 Å². The summed E-state index contributed by atoms with van der Waals surface area (Å²) in [6.07, 6.45) is 2.13. The lowest BCUT2D eigenvalue weighted by Gasteiger charge is -2.40. The molecule has 0 aromatic carbocycles. The van der Waals surface area contributed by atoms with E-state index < -0.39 is 0 Å². The molecule has 0 amide bonds. The van der Waals surface area contributed by atoms with E-state index in [-0.39, 0.29) is 5.54 Å². The van der Waals surface area contributed by atoms with Gasteiger partial charge in [-0.25, -0.2) is 0 Å². The van der Waals surface area contributed by atoms with E-state index in [4.69, 9.17) is 0 Å². The fourth-order valence-electron chi connectivity index (χ4n) is 2.15. The molecule has 13 heavy (non-hydrogen) atoms. The van der Waals surface area contributed by atoms with E-state index in [0.717, 1.165) is 39.0 Å². The maximum Gasteiger partial charge on any atom is 0.121 e. The van der Waals surface area contributed by atoms with Crippen molar-refractivity contribution < 1.29 is 0 Å². The van der Waals surface area contributed by atoms with Crippen LogP contribution >= 0.6 is 0 Å². The Labute approximate surface area is 80.7 Å². The Morgan fingerprint density at radius 2 is 2.15 bits per heavy atom. The molecular weight excluding hydrogens is 162 g/mol. The third-order valence-corrected chi connectivity index (χ3v) is 2.94. The number of rotatable bonds is 3. The van der Waals surface area contributed by atoms with Crippen LogP contribution in [0.25, 0.3) is 0 Å². The van der Waals surface area contributed by atoms with Gasteiger partial charge in [-0.05, 0) is 32.5 Å². The molecule has 74 valence electrons. The zero-order valence-electron chi connectivity index (χ0n) is 8.64. The van der Waals surface area contributed by atoms with Gasteiger partial charge in [-0.3, -0.25) is 4.90 Å². The van der Waals surface area contributed by atoms with Crippen LogP contribution in [0, 0.1) is 11.3 Å². The summed E-state index contributed by atoms with van der Waals surface area (Å²) >= 11 is 0. The van der Waals surface area contributed by atoms with Gasteiger partial charge in [-0.1, -0.05) is 13.8 Å². The number of piperidine rings is 1. The van der Waals surface area contributed by atoms with Gasteiger partial charge >= 0.3 is 0 Å². The second-order valence-corrected chi connectivity index (χ2v) is 3.60. The fraction of sp³-hybridized carbons (Fsp3) is 0.900. The highest BCUT2D eigenvalue weighted by molar-refractivity contribution is 5.11. The van der Waals surface area contributed by atoms with E-state index in [1.165, 1.54) is 0 Å². The molecule has 0 aliphatic carbocycles.